The second-order valence-electron chi connectivity index (χ2n) is 3.81. The third kappa shape index (κ3) is 3.39. The van der Waals surface area contributed by atoms with Gasteiger partial charge in [-0.25, -0.2) is 0 Å². The molecule has 0 aliphatic rings. The summed E-state index contributed by atoms with van der Waals surface area (Å²) in [5.41, 5.74) is 1.04. The number of benzene rings is 1. The number of ether oxygens (including phenoxy) is 1. The van der Waals surface area contributed by atoms with Crippen LogP contribution in [-0.4, -0.2) is 13.2 Å². The highest BCUT2D eigenvalue weighted by atomic mass is 35.5. The van der Waals surface area contributed by atoms with Crippen molar-refractivity contribution in [1.29, 1.82) is 0 Å². The highest BCUT2D eigenvalue weighted by Crippen LogP contribution is 2.26. The van der Waals surface area contributed by atoms with E-state index in [4.69, 9.17) is 16.3 Å². The van der Waals surface area contributed by atoms with Gasteiger partial charge in [0.1, 0.15) is 5.75 Å². The van der Waals surface area contributed by atoms with Crippen LogP contribution in [0, 0.1) is 0 Å². The molecule has 0 fully saturated rings. The Kier molecular flexibility index (Phi) is 5.64. The van der Waals surface area contributed by atoms with Crippen molar-refractivity contribution in [3.8, 4) is 5.75 Å². The number of methoxy groups -OCH3 is 1. The topological polar surface area (TPSA) is 21.3 Å². The Labute approximate surface area is 103 Å². The molecule has 0 atom stereocenters. The van der Waals surface area contributed by atoms with E-state index in [1.54, 1.807) is 7.11 Å². The van der Waals surface area contributed by atoms with Gasteiger partial charge in [0.2, 0.25) is 0 Å². The normalized spacial score (nSPS) is 10.8. The second kappa shape index (κ2) is 6.77. The molecular weight excluding hydrogens is 222 g/mol. The lowest BCUT2D eigenvalue weighted by Gasteiger charge is -2.17. The van der Waals surface area contributed by atoms with Crippen LogP contribution < -0.4 is 10.1 Å². The van der Waals surface area contributed by atoms with Crippen LogP contribution in [0.5, 0.6) is 5.75 Å². The fourth-order valence-electron chi connectivity index (χ4n) is 1.73. The Bertz CT molecular complexity index is 324. The molecule has 0 saturated carbocycles. The van der Waals surface area contributed by atoms with E-state index in [1.165, 1.54) is 0 Å². The molecule has 0 bridgehead atoms. The van der Waals surface area contributed by atoms with Crippen LogP contribution >= 0.6 is 11.6 Å². The molecule has 1 N–H and O–H groups in total. The lowest BCUT2D eigenvalue weighted by atomic mass is 10.1. The van der Waals surface area contributed by atoms with Gasteiger partial charge < -0.3 is 10.1 Å². The monoisotopic (exact) mass is 241 g/mol. The van der Waals surface area contributed by atoms with Gasteiger partial charge in [0.25, 0.3) is 0 Å². The first kappa shape index (κ1) is 13.3. The zero-order valence-corrected chi connectivity index (χ0v) is 11.0. The van der Waals surface area contributed by atoms with E-state index in [2.05, 4.69) is 19.2 Å². The zero-order valence-electron chi connectivity index (χ0n) is 10.2. The van der Waals surface area contributed by atoms with E-state index in [0.29, 0.717) is 6.04 Å². The molecule has 0 saturated heterocycles. The predicted molar refractivity (Wildman–Crippen MR) is 69.2 cm³/mol. The van der Waals surface area contributed by atoms with E-state index in [-0.39, 0.29) is 0 Å². The summed E-state index contributed by atoms with van der Waals surface area (Å²) in [6.45, 7) is 5.13. The Hall–Kier alpha value is -0.730. The second-order valence-corrected chi connectivity index (χ2v) is 4.22. The van der Waals surface area contributed by atoms with Gasteiger partial charge in [-0.15, -0.1) is 0 Å². The average molecular weight is 242 g/mol. The molecule has 0 radical (unpaired) electrons. The highest BCUT2D eigenvalue weighted by molar-refractivity contribution is 6.31. The van der Waals surface area contributed by atoms with Gasteiger partial charge in [0, 0.05) is 23.2 Å². The SMILES string of the molecule is CCC(CC)NCc1c(Cl)cccc1OC. The van der Waals surface area contributed by atoms with Gasteiger partial charge in [0.15, 0.2) is 0 Å². The molecule has 90 valence electrons. The Morgan fingerprint density at radius 3 is 2.56 bits per heavy atom. The first-order valence-electron chi connectivity index (χ1n) is 5.77. The molecule has 0 amide bonds. The van der Waals surface area contributed by atoms with E-state index in [1.807, 2.05) is 18.2 Å². The van der Waals surface area contributed by atoms with Crippen molar-refractivity contribution < 1.29 is 4.74 Å². The van der Waals surface area contributed by atoms with Crippen LogP contribution in [0.1, 0.15) is 32.3 Å². The van der Waals surface area contributed by atoms with E-state index < -0.39 is 0 Å². The summed E-state index contributed by atoms with van der Waals surface area (Å²) in [6, 6.07) is 6.28. The fourth-order valence-corrected chi connectivity index (χ4v) is 1.96. The maximum Gasteiger partial charge on any atom is 0.124 e. The van der Waals surface area contributed by atoms with E-state index >= 15 is 0 Å². The molecule has 1 aromatic rings. The molecule has 16 heavy (non-hydrogen) atoms. The average Bonchev–Trinajstić information content (AvgIpc) is 2.31. The minimum atomic E-state index is 0.543. The maximum absolute atomic E-state index is 6.16. The summed E-state index contributed by atoms with van der Waals surface area (Å²) in [7, 11) is 1.67. The highest BCUT2D eigenvalue weighted by Gasteiger charge is 2.09. The van der Waals surface area contributed by atoms with Crippen molar-refractivity contribution in [2.24, 2.45) is 0 Å². The summed E-state index contributed by atoms with van der Waals surface area (Å²) < 4.78 is 5.30. The molecule has 2 nitrogen and oxygen atoms in total. The van der Waals surface area contributed by atoms with Gasteiger partial charge in [-0.3, -0.25) is 0 Å². The lowest BCUT2D eigenvalue weighted by Crippen LogP contribution is -2.27. The van der Waals surface area contributed by atoms with Crippen LogP contribution in [0.15, 0.2) is 18.2 Å². The third-order valence-electron chi connectivity index (χ3n) is 2.85. The van der Waals surface area contributed by atoms with Gasteiger partial charge in [0.05, 0.1) is 7.11 Å². The van der Waals surface area contributed by atoms with Crippen LogP contribution in [0.25, 0.3) is 0 Å². The number of hydrogen-bond donors (Lipinski definition) is 1. The number of halogens is 1. The zero-order chi connectivity index (χ0) is 12.0. The number of rotatable bonds is 6. The van der Waals surface area contributed by atoms with Gasteiger partial charge in [-0.05, 0) is 25.0 Å². The largest absolute Gasteiger partial charge is 0.496 e. The lowest BCUT2D eigenvalue weighted by molar-refractivity contribution is 0.403. The van der Waals surface area contributed by atoms with Crippen LogP contribution in [0.3, 0.4) is 0 Å². The van der Waals surface area contributed by atoms with E-state index in [9.17, 15) is 0 Å². The quantitative estimate of drug-likeness (QED) is 0.821. The molecule has 3 heteroatoms. The number of hydrogen-bond acceptors (Lipinski definition) is 2. The molecule has 1 aromatic carbocycles. The molecule has 1 rings (SSSR count). The molecule has 0 spiro atoms. The third-order valence-corrected chi connectivity index (χ3v) is 3.20. The summed E-state index contributed by atoms with van der Waals surface area (Å²) in [5, 5.41) is 4.25. The standard InChI is InChI=1S/C13H20ClNO/c1-4-10(5-2)15-9-11-12(14)7-6-8-13(11)16-3/h6-8,10,15H,4-5,9H2,1-3H3. The van der Waals surface area contributed by atoms with Gasteiger partial charge in [-0.2, -0.15) is 0 Å². The van der Waals surface area contributed by atoms with Crippen molar-refractivity contribution in [2.75, 3.05) is 7.11 Å². The minimum Gasteiger partial charge on any atom is -0.496 e. The van der Waals surface area contributed by atoms with Gasteiger partial charge >= 0.3 is 0 Å². The van der Waals surface area contributed by atoms with Crippen LogP contribution in [-0.2, 0) is 6.54 Å². The van der Waals surface area contributed by atoms with Crippen molar-refractivity contribution in [2.45, 2.75) is 39.3 Å². The Balaban J connectivity index is 2.72. The van der Waals surface area contributed by atoms with E-state index in [0.717, 1.165) is 35.7 Å². The summed E-state index contributed by atoms with van der Waals surface area (Å²) in [6.07, 6.45) is 2.26. The number of nitrogens with one attached hydrogen (secondary N) is 1. The first-order chi connectivity index (χ1) is 7.72. The summed E-state index contributed by atoms with van der Waals surface area (Å²) in [4.78, 5) is 0. The van der Waals surface area contributed by atoms with Crippen molar-refractivity contribution in [3.63, 3.8) is 0 Å². The van der Waals surface area contributed by atoms with Gasteiger partial charge in [-0.1, -0.05) is 31.5 Å². The molecule has 0 aliphatic carbocycles. The van der Waals surface area contributed by atoms with Crippen molar-refractivity contribution in [3.05, 3.63) is 28.8 Å². The summed E-state index contributed by atoms with van der Waals surface area (Å²) >= 11 is 6.16. The van der Waals surface area contributed by atoms with Crippen LogP contribution in [0.4, 0.5) is 0 Å². The fraction of sp³-hybridized carbons (Fsp3) is 0.538. The maximum atomic E-state index is 6.16. The first-order valence-corrected chi connectivity index (χ1v) is 6.15. The smallest absolute Gasteiger partial charge is 0.124 e. The molecule has 0 unspecified atom stereocenters. The van der Waals surface area contributed by atoms with Crippen LogP contribution in [0.2, 0.25) is 5.02 Å². The predicted octanol–water partition coefficient (Wildman–Crippen LogP) is 3.63. The molecule has 0 aromatic heterocycles. The Morgan fingerprint density at radius 1 is 1.31 bits per heavy atom. The van der Waals surface area contributed by atoms with Crippen molar-refractivity contribution in [1.82, 2.24) is 5.32 Å². The Morgan fingerprint density at radius 2 is 2.00 bits per heavy atom. The summed E-state index contributed by atoms with van der Waals surface area (Å²) in [5.74, 6) is 0.853. The minimum absolute atomic E-state index is 0.543. The molecule has 0 heterocycles. The molecule has 0 aliphatic heterocycles. The van der Waals surface area contributed by atoms with Crippen molar-refractivity contribution >= 4 is 11.6 Å². The molecular formula is C13H20ClNO.